The van der Waals surface area contributed by atoms with Crippen molar-refractivity contribution in [2.45, 2.75) is 6.92 Å². The molecule has 1 aliphatic heterocycles. The largest absolute Gasteiger partial charge is 0.261 e. The third-order valence-corrected chi connectivity index (χ3v) is 2.97. The lowest BCUT2D eigenvalue weighted by molar-refractivity contribution is 0.444. The molecule has 1 N–H and O–H groups in total. The van der Waals surface area contributed by atoms with Crippen LogP contribution in [0.15, 0.2) is 10.1 Å². The number of halogens is 1. The Kier molecular flexibility index (Phi) is 3.48. The summed E-state index contributed by atoms with van der Waals surface area (Å²) in [6, 6.07) is 0. The maximum Gasteiger partial charge on any atom is 0.227 e. The quantitative estimate of drug-likeness (QED) is 0.235. The summed E-state index contributed by atoms with van der Waals surface area (Å²) in [5.41, 5.74) is 0. The molecule has 1 rings (SSSR count). The van der Waals surface area contributed by atoms with Crippen molar-refractivity contribution in [3.8, 4) is 6.19 Å². The van der Waals surface area contributed by atoms with Gasteiger partial charge in [0, 0.05) is 13.0 Å². The second-order valence-corrected chi connectivity index (χ2v) is 3.80. The number of hydrogen-bond donors (Lipinski definition) is 1. The van der Waals surface area contributed by atoms with Crippen LogP contribution in [0.3, 0.4) is 0 Å². The van der Waals surface area contributed by atoms with E-state index < -0.39 is 0 Å². The van der Waals surface area contributed by atoms with Crippen LogP contribution in [0.2, 0.25) is 0 Å². The van der Waals surface area contributed by atoms with Crippen LogP contribution in [0.5, 0.6) is 0 Å². The molecule has 1 unspecified atom stereocenters. The van der Waals surface area contributed by atoms with Gasteiger partial charge in [0.1, 0.15) is 3.72 Å². The number of hydrogen-bond acceptors (Lipinski definition) is 3. The highest BCUT2D eigenvalue weighted by Crippen LogP contribution is 2.17. The first kappa shape index (κ1) is 10.2. The summed E-state index contributed by atoms with van der Waals surface area (Å²) < 4.78 is 1.04. The molecule has 0 saturated carbocycles. The normalized spacial score (nSPS) is 22.6. The van der Waals surface area contributed by atoms with E-state index in [1.807, 2.05) is 6.19 Å². The molecule has 0 aromatic carbocycles. The number of guanidine groups is 1. The van der Waals surface area contributed by atoms with Crippen molar-refractivity contribution in [1.82, 2.24) is 10.3 Å². The number of rotatable bonds is 0. The van der Waals surface area contributed by atoms with Gasteiger partial charge >= 0.3 is 0 Å². The molecule has 6 heteroatoms. The average Bonchev–Trinajstić information content (AvgIpc) is 2.43. The second kappa shape index (κ2) is 4.41. The van der Waals surface area contributed by atoms with Crippen LogP contribution in [0.4, 0.5) is 0 Å². The minimum atomic E-state index is 0.415. The Morgan fingerprint density at radius 2 is 2.62 bits per heavy atom. The summed E-state index contributed by atoms with van der Waals surface area (Å²) in [6.07, 6.45) is 1.83. The van der Waals surface area contributed by atoms with Crippen molar-refractivity contribution in [2.75, 3.05) is 13.6 Å². The average molecular weight is 291 g/mol. The molecular weight excluding hydrogens is 281 g/mol. The molecule has 5 nitrogen and oxygen atoms in total. The van der Waals surface area contributed by atoms with Crippen molar-refractivity contribution in [2.24, 2.45) is 16.0 Å². The minimum Gasteiger partial charge on any atom is -0.261 e. The summed E-state index contributed by atoms with van der Waals surface area (Å²) in [7, 11) is 1.63. The van der Waals surface area contributed by atoms with Gasteiger partial charge in [0.25, 0.3) is 0 Å². The Balaban J connectivity index is 2.70. The lowest BCUT2D eigenvalue weighted by atomic mass is 10.2. The molecule has 0 fully saturated rings. The van der Waals surface area contributed by atoms with Gasteiger partial charge in [-0.15, -0.1) is 0 Å². The van der Waals surface area contributed by atoms with Gasteiger partial charge in [0.15, 0.2) is 6.19 Å². The van der Waals surface area contributed by atoms with Crippen LogP contribution in [0, 0.1) is 17.4 Å². The Bertz CT molecular complexity index is 290. The van der Waals surface area contributed by atoms with Gasteiger partial charge in [0.05, 0.1) is 6.54 Å². The Morgan fingerprint density at radius 3 is 3.00 bits per heavy atom. The molecule has 0 bridgehead atoms. The predicted molar refractivity (Wildman–Crippen MR) is 59.4 cm³/mol. The van der Waals surface area contributed by atoms with E-state index in [0.717, 1.165) is 10.3 Å². The zero-order chi connectivity index (χ0) is 9.84. The Morgan fingerprint density at radius 1 is 1.92 bits per heavy atom. The molecule has 1 aliphatic rings. The maximum absolute atomic E-state index is 8.44. The monoisotopic (exact) mass is 291 g/mol. The minimum absolute atomic E-state index is 0.415. The van der Waals surface area contributed by atoms with Gasteiger partial charge in [0.2, 0.25) is 5.96 Å². The van der Waals surface area contributed by atoms with Crippen LogP contribution in [0.25, 0.3) is 0 Å². The maximum atomic E-state index is 8.44. The third-order valence-electron chi connectivity index (χ3n) is 1.69. The fourth-order valence-electron chi connectivity index (χ4n) is 1.01. The van der Waals surface area contributed by atoms with Crippen molar-refractivity contribution in [3.63, 3.8) is 0 Å². The summed E-state index contributed by atoms with van der Waals surface area (Å²) in [5.74, 6) is 0.916. The molecule has 0 saturated heterocycles. The van der Waals surface area contributed by atoms with Crippen molar-refractivity contribution < 1.29 is 0 Å². The lowest BCUT2D eigenvalue weighted by Gasteiger charge is -2.13. The van der Waals surface area contributed by atoms with E-state index in [-0.39, 0.29) is 0 Å². The molecule has 0 spiro atoms. The standard InChI is InChI=1S/C7H10IN5/c1-5-3-13(12-6(5)8)7(10-2)11-4-9/h5H,3H2,1-2H3,(H,10,11). The van der Waals surface area contributed by atoms with Crippen LogP contribution < -0.4 is 5.32 Å². The van der Waals surface area contributed by atoms with Crippen molar-refractivity contribution in [1.29, 1.82) is 5.26 Å². The number of nitriles is 1. The summed E-state index contributed by atoms with van der Waals surface area (Å²) in [5, 5.41) is 16.9. The molecule has 0 radical (unpaired) electrons. The molecule has 0 aromatic heterocycles. The third kappa shape index (κ3) is 2.30. The first-order valence-electron chi connectivity index (χ1n) is 3.82. The molecular formula is C7H10IN5. The highest BCUT2D eigenvalue weighted by Gasteiger charge is 2.23. The van der Waals surface area contributed by atoms with E-state index >= 15 is 0 Å². The van der Waals surface area contributed by atoms with Gasteiger partial charge in [-0.1, -0.05) is 6.92 Å². The first-order valence-corrected chi connectivity index (χ1v) is 4.90. The van der Waals surface area contributed by atoms with Gasteiger partial charge in [-0.25, -0.2) is 5.01 Å². The van der Waals surface area contributed by atoms with E-state index in [1.54, 1.807) is 12.1 Å². The smallest absolute Gasteiger partial charge is 0.227 e. The Labute approximate surface area is 90.6 Å². The molecule has 13 heavy (non-hydrogen) atoms. The van der Waals surface area contributed by atoms with E-state index in [0.29, 0.717) is 11.9 Å². The summed E-state index contributed by atoms with van der Waals surface area (Å²) in [4.78, 5) is 3.93. The molecule has 0 amide bonds. The number of aliphatic imine (C=N–C) groups is 1. The van der Waals surface area contributed by atoms with Crippen molar-refractivity contribution >= 4 is 32.3 Å². The van der Waals surface area contributed by atoms with E-state index in [2.05, 4.69) is 44.9 Å². The molecule has 0 aliphatic carbocycles. The van der Waals surface area contributed by atoms with Gasteiger partial charge in [-0.3, -0.25) is 10.3 Å². The van der Waals surface area contributed by atoms with Crippen LogP contribution in [-0.4, -0.2) is 28.3 Å². The van der Waals surface area contributed by atoms with Gasteiger partial charge in [-0.2, -0.15) is 10.4 Å². The van der Waals surface area contributed by atoms with Gasteiger partial charge < -0.3 is 0 Å². The SMILES string of the molecule is CN=C(NC#N)N1CC(C)C(I)=N1. The number of hydrazone groups is 1. The zero-order valence-electron chi connectivity index (χ0n) is 7.45. The zero-order valence-corrected chi connectivity index (χ0v) is 9.61. The second-order valence-electron chi connectivity index (χ2n) is 2.69. The predicted octanol–water partition coefficient (Wildman–Crippen LogP) is 0.743. The Hall–Kier alpha value is -0.840. The van der Waals surface area contributed by atoms with E-state index in [9.17, 15) is 0 Å². The molecule has 70 valence electrons. The molecule has 1 atom stereocenters. The summed E-state index contributed by atoms with van der Waals surface area (Å²) in [6.45, 7) is 2.87. The topological polar surface area (TPSA) is 63.8 Å². The van der Waals surface area contributed by atoms with E-state index in [1.165, 1.54) is 0 Å². The highest BCUT2D eigenvalue weighted by atomic mass is 127. The van der Waals surface area contributed by atoms with E-state index in [4.69, 9.17) is 5.26 Å². The molecule has 0 aromatic rings. The first-order chi connectivity index (χ1) is 6.19. The van der Waals surface area contributed by atoms with Crippen molar-refractivity contribution in [3.05, 3.63) is 0 Å². The van der Waals surface area contributed by atoms with Crippen LogP contribution >= 0.6 is 22.6 Å². The lowest BCUT2D eigenvalue weighted by Crippen LogP contribution is -2.35. The number of nitrogens with one attached hydrogen (secondary N) is 1. The highest BCUT2D eigenvalue weighted by molar-refractivity contribution is 14.1. The van der Waals surface area contributed by atoms with Gasteiger partial charge in [-0.05, 0) is 22.6 Å². The van der Waals surface area contributed by atoms with Crippen LogP contribution in [0.1, 0.15) is 6.92 Å². The fourth-order valence-corrected chi connectivity index (χ4v) is 1.47. The molecule has 1 heterocycles. The number of nitrogens with zero attached hydrogens (tertiary/aromatic N) is 4. The summed E-state index contributed by atoms with van der Waals surface area (Å²) >= 11 is 2.19. The van der Waals surface area contributed by atoms with Crippen LogP contribution in [-0.2, 0) is 0 Å². The fraction of sp³-hybridized carbons (Fsp3) is 0.571.